The van der Waals surface area contributed by atoms with Gasteiger partial charge in [0.05, 0.1) is 0 Å². The molecule has 0 fully saturated rings. The Balaban J connectivity index is 2.48. The largest absolute Gasteiger partial charge is 0.503 e. The molecule has 1 aliphatic heterocycles. The molecular formula is C12H16N2O3. The van der Waals surface area contributed by atoms with Gasteiger partial charge in [-0.15, -0.1) is 0 Å². The number of carbonyl (C=O) groups is 1. The average molecular weight is 236 g/mol. The first-order chi connectivity index (χ1) is 8.06. The van der Waals surface area contributed by atoms with E-state index in [1.807, 2.05) is 13.8 Å². The molecule has 2 heterocycles. The summed E-state index contributed by atoms with van der Waals surface area (Å²) in [5.74, 6) is -0.702. The van der Waals surface area contributed by atoms with Crippen LogP contribution in [0, 0.1) is 0 Å². The van der Waals surface area contributed by atoms with Gasteiger partial charge in [0.1, 0.15) is 0 Å². The van der Waals surface area contributed by atoms with Crippen molar-refractivity contribution < 1.29 is 9.90 Å². The minimum Gasteiger partial charge on any atom is -0.503 e. The molecule has 5 nitrogen and oxygen atoms in total. The van der Waals surface area contributed by atoms with Crippen LogP contribution in [0.15, 0.2) is 17.1 Å². The second-order valence-electron chi connectivity index (χ2n) is 4.33. The second kappa shape index (κ2) is 4.24. The van der Waals surface area contributed by atoms with Gasteiger partial charge in [0, 0.05) is 31.4 Å². The molecule has 0 bridgehead atoms. The third-order valence-electron chi connectivity index (χ3n) is 3.32. The summed E-state index contributed by atoms with van der Waals surface area (Å²) in [6.07, 6.45) is 2.41. The van der Waals surface area contributed by atoms with Gasteiger partial charge in [-0.1, -0.05) is 6.92 Å². The zero-order valence-corrected chi connectivity index (χ0v) is 10.0. The first kappa shape index (κ1) is 11.7. The number of carbonyl (C=O) groups excluding carboxylic acids is 1. The predicted molar refractivity (Wildman–Crippen MR) is 63.2 cm³/mol. The van der Waals surface area contributed by atoms with Crippen molar-refractivity contribution in [1.29, 1.82) is 0 Å². The lowest BCUT2D eigenvalue weighted by Gasteiger charge is -2.34. The van der Waals surface area contributed by atoms with Gasteiger partial charge >= 0.3 is 0 Å². The lowest BCUT2D eigenvalue weighted by atomic mass is 10.1. The van der Waals surface area contributed by atoms with E-state index in [9.17, 15) is 14.7 Å². The third-order valence-corrected chi connectivity index (χ3v) is 3.32. The summed E-state index contributed by atoms with van der Waals surface area (Å²) < 4.78 is 1.64. The van der Waals surface area contributed by atoms with Crippen LogP contribution >= 0.6 is 0 Å². The van der Waals surface area contributed by atoms with Gasteiger partial charge in [-0.2, -0.15) is 0 Å². The summed E-state index contributed by atoms with van der Waals surface area (Å²) in [5.41, 5.74) is -0.389. The maximum Gasteiger partial charge on any atom is 0.274 e. The number of rotatable bonds is 2. The molecule has 1 aromatic heterocycles. The molecule has 1 atom stereocenters. The zero-order valence-electron chi connectivity index (χ0n) is 10.0. The molecule has 0 saturated carbocycles. The molecule has 17 heavy (non-hydrogen) atoms. The highest BCUT2D eigenvalue weighted by Crippen LogP contribution is 2.20. The van der Waals surface area contributed by atoms with Crippen LogP contribution < -0.4 is 5.43 Å². The molecule has 0 saturated heterocycles. The van der Waals surface area contributed by atoms with E-state index in [0.717, 1.165) is 6.42 Å². The van der Waals surface area contributed by atoms with Crippen molar-refractivity contribution >= 4 is 5.91 Å². The lowest BCUT2D eigenvalue weighted by Crippen LogP contribution is -2.46. The Bertz CT molecular complexity index is 507. The fraction of sp³-hybridized carbons (Fsp3) is 0.500. The predicted octanol–water partition coefficient (Wildman–Crippen LogP) is 0.808. The van der Waals surface area contributed by atoms with Crippen LogP contribution in [0.4, 0.5) is 0 Å². The van der Waals surface area contributed by atoms with E-state index in [0.29, 0.717) is 13.1 Å². The first-order valence-electron chi connectivity index (χ1n) is 5.79. The van der Waals surface area contributed by atoms with Crippen LogP contribution in [0.25, 0.3) is 0 Å². The summed E-state index contributed by atoms with van der Waals surface area (Å²) in [5, 5.41) is 9.71. The monoisotopic (exact) mass is 236 g/mol. The molecule has 2 rings (SSSR count). The molecule has 5 heteroatoms. The number of hydrogen-bond donors (Lipinski definition) is 1. The minimum atomic E-state index is -0.504. The molecule has 0 aromatic carbocycles. The van der Waals surface area contributed by atoms with Crippen molar-refractivity contribution in [3.05, 3.63) is 28.2 Å². The van der Waals surface area contributed by atoms with Crippen molar-refractivity contribution in [2.45, 2.75) is 32.9 Å². The Morgan fingerprint density at radius 2 is 2.12 bits per heavy atom. The number of fused-ring (bicyclic) bond motifs is 1. The second-order valence-corrected chi connectivity index (χ2v) is 4.33. The number of nitrogens with zero attached hydrogens (tertiary/aromatic N) is 2. The molecule has 1 N–H and O–H groups in total. The molecule has 0 radical (unpaired) electrons. The highest BCUT2D eigenvalue weighted by Gasteiger charge is 2.30. The summed E-state index contributed by atoms with van der Waals surface area (Å²) in [6.45, 7) is 5.19. The van der Waals surface area contributed by atoms with Crippen molar-refractivity contribution in [3.63, 3.8) is 0 Å². The molecule has 0 aliphatic carbocycles. The van der Waals surface area contributed by atoms with Gasteiger partial charge in [-0.05, 0) is 13.3 Å². The van der Waals surface area contributed by atoms with Crippen LogP contribution in [0.1, 0.15) is 30.8 Å². The maximum absolute atomic E-state index is 12.2. The SMILES string of the molecule is CCC(C)N1CCn2ccc(=O)c(O)c2C1=O. The minimum absolute atomic E-state index is 0.115. The first-order valence-corrected chi connectivity index (χ1v) is 5.79. The number of pyridine rings is 1. The summed E-state index contributed by atoms with van der Waals surface area (Å²) >= 11 is 0. The maximum atomic E-state index is 12.2. The van der Waals surface area contributed by atoms with Crippen LogP contribution in [-0.2, 0) is 6.54 Å². The zero-order chi connectivity index (χ0) is 12.6. The summed E-state index contributed by atoms with van der Waals surface area (Å²) in [6, 6.07) is 1.40. The Morgan fingerprint density at radius 3 is 2.76 bits per heavy atom. The van der Waals surface area contributed by atoms with Gasteiger partial charge in [0.2, 0.25) is 5.43 Å². The van der Waals surface area contributed by atoms with E-state index in [-0.39, 0.29) is 17.6 Å². The number of aromatic hydroxyl groups is 1. The van der Waals surface area contributed by atoms with Gasteiger partial charge in [0.15, 0.2) is 11.4 Å². The van der Waals surface area contributed by atoms with Gasteiger partial charge in [0.25, 0.3) is 5.91 Å². The van der Waals surface area contributed by atoms with Crippen LogP contribution in [-0.4, -0.2) is 33.1 Å². The van der Waals surface area contributed by atoms with Crippen molar-refractivity contribution in [1.82, 2.24) is 9.47 Å². The fourth-order valence-corrected chi connectivity index (χ4v) is 2.07. The number of aromatic nitrogens is 1. The topological polar surface area (TPSA) is 62.5 Å². The Morgan fingerprint density at radius 1 is 1.41 bits per heavy atom. The summed E-state index contributed by atoms with van der Waals surface area (Å²) in [7, 11) is 0. The molecule has 1 aliphatic rings. The van der Waals surface area contributed by atoms with Crippen LogP contribution in [0.3, 0.4) is 0 Å². The normalized spacial score (nSPS) is 16.8. The molecule has 0 spiro atoms. The highest BCUT2D eigenvalue weighted by atomic mass is 16.3. The number of amides is 1. The smallest absolute Gasteiger partial charge is 0.274 e. The van der Waals surface area contributed by atoms with Gasteiger partial charge in [-0.3, -0.25) is 9.59 Å². The van der Waals surface area contributed by atoms with E-state index in [4.69, 9.17) is 0 Å². The molecule has 1 unspecified atom stereocenters. The van der Waals surface area contributed by atoms with E-state index in [2.05, 4.69) is 0 Å². The fourth-order valence-electron chi connectivity index (χ4n) is 2.07. The lowest BCUT2D eigenvalue weighted by molar-refractivity contribution is 0.0622. The van der Waals surface area contributed by atoms with E-state index in [1.54, 1.807) is 15.7 Å². The molecule has 92 valence electrons. The quantitative estimate of drug-likeness (QED) is 0.826. The molecular weight excluding hydrogens is 220 g/mol. The van der Waals surface area contributed by atoms with Crippen molar-refractivity contribution in [2.75, 3.05) is 6.54 Å². The molecule has 1 aromatic rings. The van der Waals surface area contributed by atoms with Crippen molar-refractivity contribution in [3.8, 4) is 5.75 Å². The Labute approximate surface area is 99.3 Å². The Kier molecular flexibility index (Phi) is 2.92. The van der Waals surface area contributed by atoms with Crippen LogP contribution in [0.2, 0.25) is 0 Å². The van der Waals surface area contributed by atoms with Crippen molar-refractivity contribution in [2.24, 2.45) is 0 Å². The van der Waals surface area contributed by atoms with Gasteiger partial charge in [-0.25, -0.2) is 0 Å². The van der Waals surface area contributed by atoms with Gasteiger partial charge < -0.3 is 14.6 Å². The Hall–Kier alpha value is -1.78. The summed E-state index contributed by atoms with van der Waals surface area (Å²) in [4.78, 5) is 25.2. The number of hydrogen-bond acceptors (Lipinski definition) is 3. The van der Waals surface area contributed by atoms with E-state index < -0.39 is 11.2 Å². The standard InChI is InChI=1S/C12H16N2O3/c1-3-8(2)14-7-6-13-5-4-9(15)11(16)10(13)12(14)17/h4-5,8,16H,3,6-7H2,1-2H3. The van der Waals surface area contributed by atoms with E-state index in [1.165, 1.54) is 6.07 Å². The highest BCUT2D eigenvalue weighted by molar-refractivity contribution is 5.95. The third kappa shape index (κ3) is 1.81. The molecule has 1 amide bonds. The van der Waals surface area contributed by atoms with Crippen LogP contribution in [0.5, 0.6) is 5.75 Å². The van der Waals surface area contributed by atoms with E-state index >= 15 is 0 Å². The average Bonchev–Trinajstić information content (AvgIpc) is 2.33.